The summed E-state index contributed by atoms with van der Waals surface area (Å²) in [6.07, 6.45) is 0.746. The van der Waals surface area contributed by atoms with E-state index in [2.05, 4.69) is 15.3 Å². The predicted molar refractivity (Wildman–Crippen MR) is 116 cm³/mol. The minimum atomic E-state index is -0.977. The number of oxazole rings is 1. The van der Waals surface area contributed by atoms with Gasteiger partial charge in [0.15, 0.2) is 0 Å². The zero-order valence-corrected chi connectivity index (χ0v) is 19.4. The largest absolute Gasteiger partial charge is 0.458 e. The first kappa shape index (κ1) is 23.7. The summed E-state index contributed by atoms with van der Waals surface area (Å²) >= 11 is 6.16. The van der Waals surface area contributed by atoms with Crippen LogP contribution < -0.4 is 11.1 Å². The minimum absolute atomic E-state index is 0.113. The molecule has 1 atom stereocenters. The highest BCUT2D eigenvalue weighted by Gasteiger charge is 2.30. The number of rotatable bonds is 6. The number of esters is 1. The van der Waals surface area contributed by atoms with E-state index in [1.54, 1.807) is 46.9 Å². The smallest absolute Gasteiger partial charge is 0.408 e. The minimum Gasteiger partial charge on any atom is -0.458 e. The quantitative estimate of drug-likeness (QED) is 0.499. The van der Waals surface area contributed by atoms with Gasteiger partial charge in [-0.15, -0.1) is 11.3 Å². The first-order valence-electron chi connectivity index (χ1n) is 9.16. The maximum atomic E-state index is 12.6. The molecule has 0 aliphatic heterocycles. The van der Waals surface area contributed by atoms with Gasteiger partial charge in [-0.3, -0.25) is 0 Å². The lowest BCUT2D eigenvalue weighted by Gasteiger charge is -2.25. The van der Waals surface area contributed by atoms with Crippen molar-refractivity contribution in [1.29, 1.82) is 0 Å². The predicted octanol–water partition coefficient (Wildman–Crippen LogP) is 3.21. The van der Waals surface area contributed by atoms with E-state index in [9.17, 15) is 9.59 Å². The highest BCUT2D eigenvalue weighted by Crippen LogP contribution is 2.23. The fourth-order valence-electron chi connectivity index (χ4n) is 2.20. The maximum Gasteiger partial charge on any atom is 0.408 e. The second kappa shape index (κ2) is 9.09. The summed E-state index contributed by atoms with van der Waals surface area (Å²) < 4.78 is 16.0. The number of nitrogens with one attached hydrogen (secondary N) is 1. The molecule has 2 heterocycles. The molecule has 0 saturated heterocycles. The SMILES string of the molecule is CC(C)(C)OC(=O)NC(Cc1nc(-c2nc(C(N)=S)co2)cs1)C(=O)OC(C)(C)C. The number of carbonyl (C=O) groups excluding carboxylic acids is 2. The van der Waals surface area contributed by atoms with Gasteiger partial charge in [0.2, 0.25) is 5.89 Å². The highest BCUT2D eigenvalue weighted by atomic mass is 32.1. The average Bonchev–Trinajstić information content (AvgIpc) is 3.19. The molecule has 2 aromatic rings. The van der Waals surface area contributed by atoms with Crippen LogP contribution >= 0.6 is 23.6 Å². The Kier molecular flexibility index (Phi) is 7.19. The Bertz CT molecular complexity index is 924. The van der Waals surface area contributed by atoms with E-state index >= 15 is 0 Å². The molecule has 0 saturated carbocycles. The van der Waals surface area contributed by atoms with Gasteiger partial charge in [0.25, 0.3) is 0 Å². The Labute approximate surface area is 184 Å². The van der Waals surface area contributed by atoms with Crippen LogP contribution in [0, 0.1) is 0 Å². The lowest BCUT2D eigenvalue weighted by atomic mass is 10.1. The molecule has 9 nitrogen and oxygen atoms in total. The second-order valence-corrected chi connectivity index (χ2v) is 9.85. The molecule has 11 heteroatoms. The number of hydrogen-bond acceptors (Lipinski definition) is 9. The Morgan fingerprint density at radius 1 is 1.20 bits per heavy atom. The molecule has 164 valence electrons. The summed E-state index contributed by atoms with van der Waals surface area (Å²) in [5.74, 6) is -0.328. The molecule has 3 N–H and O–H groups in total. The Balaban J connectivity index is 2.18. The van der Waals surface area contributed by atoms with Crippen molar-refractivity contribution in [3.63, 3.8) is 0 Å². The van der Waals surface area contributed by atoms with Crippen LogP contribution in [-0.4, -0.2) is 44.3 Å². The Morgan fingerprint density at radius 2 is 1.83 bits per heavy atom. The average molecular weight is 455 g/mol. The number of alkyl carbamates (subject to hydrolysis) is 1. The van der Waals surface area contributed by atoms with E-state index in [1.165, 1.54) is 17.6 Å². The molecule has 0 aromatic carbocycles. The molecule has 1 amide bonds. The summed E-state index contributed by atoms with van der Waals surface area (Å²) in [5.41, 5.74) is 4.94. The number of hydrogen-bond donors (Lipinski definition) is 2. The maximum absolute atomic E-state index is 12.6. The van der Waals surface area contributed by atoms with Crippen LogP contribution in [0.25, 0.3) is 11.6 Å². The van der Waals surface area contributed by atoms with Crippen molar-refractivity contribution < 1.29 is 23.5 Å². The van der Waals surface area contributed by atoms with Crippen LogP contribution in [-0.2, 0) is 20.7 Å². The number of thiocarbonyl (C=S) groups is 1. The normalized spacial score (nSPS) is 12.9. The van der Waals surface area contributed by atoms with Gasteiger partial charge in [0, 0.05) is 11.8 Å². The van der Waals surface area contributed by atoms with Gasteiger partial charge in [-0.25, -0.2) is 19.6 Å². The van der Waals surface area contributed by atoms with Crippen molar-refractivity contribution in [1.82, 2.24) is 15.3 Å². The molecule has 0 bridgehead atoms. The van der Waals surface area contributed by atoms with E-state index in [4.69, 9.17) is 31.8 Å². The first-order valence-corrected chi connectivity index (χ1v) is 10.4. The topological polar surface area (TPSA) is 130 Å². The molecule has 0 fully saturated rings. The van der Waals surface area contributed by atoms with Crippen molar-refractivity contribution in [3.05, 3.63) is 22.3 Å². The summed E-state index contributed by atoms with van der Waals surface area (Å²) in [6, 6.07) is -0.977. The third-order valence-corrected chi connectivity index (χ3v) is 4.37. The number of carbonyl (C=O) groups is 2. The van der Waals surface area contributed by atoms with Crippen molar-refractivity contribution in [2.75, 3.05) is 0 Å². The Morgan fingerprint density at radius 3 is 2.37 bits per heavy atom. The van der Waals surface area contributed by atoms with E-state index in [0.29, 0.717) is 16.4 Å². The third-order valence-electron chi connectivity index (χ3n) is 3.29. The van der Waals surface area contributed by atoms with Crippen molar-refractivity contribution in [2.24, 2.45) is 5.73 Å². The molecule has 2 aromatic heterocycles. The molecule has 0 radical (unpaired) electrons. The zero-order chi connectivity index (χ0) is 22.7. The highest BCUT2D eigenvalue weighted by molar-refractivity contribution is 7.80. The number of nitrogens with two attached hydrogens (primary N) is 1. The summed E-state index contributed by atoms with van der Waals surface area (Å²) in [4.78, 5) is 33.6. The summed E-state index contributed by atoms with van der Waals surface area (Å²) in [7, 11) is 0. The molecule has 0 aliphatic carbocycles. The van der Waals surface area contributed by atoms with Crippen LogP contribution in [0.5, 0.6) is 0 Å². The van der Waals surface area contributed by atoms with Gasteiger partial charge in [0.05, 0.1) is 5.01 Å². The van der Waals surface area contributed by atoms with Gasteiger partial charge in [0.1, 0.15) is 39.9 Å². The number of aromatic nitrogens is 2. The third kappa shape index (κ3) is 7.38. The van der Waals surface area contributed by atoms with Crippen LogP contribution in [0.4, 0.5) is 4.79 Å². The lowest BCUT2D eigenvalue weighted by Crippen LogP contribution is -2.47. The van der Waals surface area contributed by atoms with Crippen LogP contribution in [0.3, 0.4) is 0 Å². The van der Waals surface area contributed by atoms with Gasteiger partial charge in [-0.2, -0.15) is 0 Å². The van der Waals surface area contributed by atoms with Gasteiger partial charge in [-0.05, 0) is 41.5 Å². The van der Waals surface area contributed by atoms with Gasteiger partial charge >= 0.3 is 12.1 Å². The monoisotopic (exact) mass is 454 g/mol. The fraction of sp³-hybridized carbons (Fsp3) is 0.526. The zero-order valence-electron chi connectivity index (χ0n) is 17.8. The van der Waals surface area contributed by atoms with Crippen LogP contribution in [0.1, 0.15) is 52.2 Å². The Hall–Kier alpha value is -2.53. The van der Waals surface area contributed by atoms with E-state index in [0.717, 1.165) is 0 Å². The van der Waals surface area contributed by atoms with E-state index in [1.807, 2.05) is 0 Å². The fourth-order valence-corrected chi connectivity index (χ4v) is 3.11. The molecule has 30 heavy (non-hydrogen) atoms. The van der Waals surface area contributed by atoms with Gasteiger partial charge in [-0.1, -0.05) is 12.2 Å². The summed E-state index contributed by atoms with van der Waals surface area (Å²) in [5, 5.41) is 4.87. The number of nitrogens with zero attached hydrogens (tertiary/aromatic N) is 2. The lowest BCUT2D eigenvalue weighted by molar-refractivity contribution is -0.157. The second-order valence-electron chi connectivity index (χ2n) is 8.47. The van der Waals surface area contributed by atoms with Crippen LogP contribution in [0.2, 0.25) is 0 Å². The molecule has 0 spiro atoms. The molecule has 2 rings (SSSR count). The van der Waals surface area contributed by atoms with E-state index in [-0.39, 0.29) is 17.3 Å². The molecular weight excluding hydrogens is 428 g/mol. The summed E-state index contributed by atoms with van der Waals surface area (Å²) in [6.45, 7) is 10.5. The number of amides is 1. The van der Waals surface area contributed by atoms with Crippen molar-refractivity contribution in [3.8, 4) is 11.6 Å². The molecule has 1 unspecified atom stereocenters. The number of thiazole rings is 1. The van der Waals surface area contributed by atoms with Crippen molar-refractivity contribution in [2.45, 2.75) is 65.2 Å². The first-order chi connectivity index (χ1) is 13.7. The molecular formula is C19H26N4O5S2. The molecule has 0 aliphatic rings. The van der Waals surface area contributed by atoms with Gasteiger partial charge < -0.3 is 24.9 Å². The number of ether oxygens (including phenoxy) is 2. The van der Waals surface area contributed by atoms with Crippen LogP contribution in [0.15, 0.2) is 16.1 Å². The standard InChI is InChI=1S/C19H26N4O5S2/c1-18(2,3)27-16(24)10(23-17(25)28-19(4,5)6)7-13-21-12(9-30-13)15-22-11(8-26-15)14(20)29/h8-10H,7H2,1-6H3,(H2,20,29)(H,23,25). The van der Waals surface area contributed by atoms with E-state index < -0.39 is 29.3 Å². The van der Waals surface area contributed by atoms with Crippen molar-refractivity contribution >= 4 is 40.6 Å².